The first-order chi connectivity index (χ1) is 11.0. The van der Waals surface area contributed by atoms with Gasteiger partial charge in [0.15, 0.2) is 11.6 Å². The Kier molecular flexibility index (Phi) is 3.56. The molecule has 0 bridgehead atoms. The summed E-state index contributed by atoms with van der Waals surface area (Å²) in [6.07, 6.45) is 0. The maximum atomic E-state index is 12.9. The number of rotatable bonds is 3. The molecule has 0 N–H and O–H groups in total. The number of carbonyl (C=O) groups excluding carboxylic acids is 2. The number of ether oxygens (including phenoxy) is 3. The van der Waals surface area contributed by atoms with Crippen LogP contribution in [0.5, 0.6) is 17.2 Å². The SMILES string of the molecule is COc1cc(C)c2c(c1)C(=O)c1c(OC)cc(OC)cc1C2=O. The summed E-state index contributed by atoms with van der Waals surface area (Å²) in [5.41, 5.74) is 2.00. The zero-order chi connectivity index (χ0) is 16.7. The van der Waals surface area contributed by atoms with Gasteiger partial charge in [-0.2, -0.15) is 0 Å². The van der Waals surface area contributed by atoms with Crippen LogP contribution in [0.25, 0.3) is 0 Å². The smallest absolute Gasteiger partial charge is 0.198 e. The van der Waals surface area contributed by atoms with E-state index in [1.54, 1.807) is 31.2 Å². The van der Waals surface area contributed by atoms with Crippen molar-refractivity contribution in [2.24, 2.45) is 0 Å². The van der Waals surface area contributed by atoms with Crippen LogP contribution in [0.3, 0.4) is 0 Å². The van der Waals surface area contributed by atoms with Gasteiger partial charge in [0, 0.05) is 22.8 Å². The molecule has 0 unspecified atom stereocenters. The van der Waals surface area contributed by atoms with Crippen LogP contribution in [0.1, 0.15) is 37.4 Å². The second kappa shape index (κ2) is 5.43. The third-order valence-electron chi connectivity index (χ3n) is 4.02. The monoisotopic (exact) mass is 312 g/mol. The van der Waals surface area contributed by atoms with Crippen LogP contribution >= 0.6 is 0 Å². The van der Waals surface area contributed by atoms with Crippen molar-refractivity contribution in [3.8, 4) is 17.2 Å². The van der Waals surface area contributed by atoms with E-state index < -0.39 is 0 Å². The average Bonchev–Trinajstić information content (AvgIpc) is 2.57. The van der Waals surface area contributed by atoms with E-state index in [4.69, 9.17) is 14.2 Å². The molecule has 0 fully saturated rings. The molecule has 0 aromatic heterocycles. The molecule has 0 radical (unpaired) electrons. The van der Waals surface area contributed by atoms with Crippen LogP contribution in [-0.2, 0) is 0 Å². The first kappa shape index (κ1) is 15.1. The lowest BCUT2D eigenvalue weighted by Crippen LogP contribution is -2.23. The summed E-state index contributed by atoms with van der Waals surface area (Å²) in [6, 6.07) is 6.51. The van der Waals surface area contributed by atoms with Crippen molar-refractivity contribution in [1.82, 2.24) is 0 Å². The van der Waals surface area contributed by atoms with E-state index in [2.05, 4.69) is 0 Å². The van der Waals surface area contributed by atoms with Crippen molar-refractivity contribution in [3.63, 3.8) is 0 Å². The Bertz CT molecular complexity index is 836. The summed E-state index contributed by atoms with van der Waals surface area (Å²) >= 11 is 0. The van der Waals surface area contributed by atoms with Gasteiger partial charge >= 0.3 is 0 Å². The van der Waals surface area contributed by atoms with Gasteiger partial charge in [0.05, 0.1) is 26.9 Å². The summed E-state index contributed by atoms with van der Waals surface area (Å²) in [5.74, 6) is 0.863. The first-order valence-electron chi connectivity index (χ1n) is 7.05. The molecule has 0 aliphatic heterocycles. The quantitative estimate of drug-likeness (QED) is 0.744. The molecule has 0 amide bonds. The first-order valence-corrected chi connectivity index (χ1v) is 7.05. The highest BCUT2D eigenvalue weighted by molar-refractivity contribution is 6.30. The van der Waals surface area contributed by atoms with Crippen LogP contribution in [0.15, 0.2) is 24.3 Å². The van der Waals surface area contributed by atoms with Crippen molar-refractivity contribution in [1.29, 1.82) is 0 Å². The molecule has 1 aliphatic rings. The van der Waals surface area contributed by atoms with Gasteiger partial charge in [0.1, 0.15) is 17.2 Å². The lowest BCUT2D eigenvalue weighted by Gasteiger charge is -2.22. The van der Waals surface area contributed by atoms with E-state index in [0.29, 0.717) is 39.5 Å². The molecular weight excluding hydrogens is 296 g/mol. The molecule has 5 heteroatoms. The number of hydrogen-bond acceptors (Lipinski definition) is 5. The molecule has 118 valence electrons. The Labute approximate surface area is 133 Å². The Morgan fingerprint density at radius 2 is 1.22 bits per heavy atom. The second-order valence-electron chi connectivity index (χ2n) is 5.28. The zero-order valence-corrected chi connectivity index (χ0v) is 13.4. The fourth-order valence-electron chi connectivity index (χ4n) is 2.90. The summed E-state index contributed by atoms with van der Waals surface area (Å²) in [6.45, 7) is 1.79. The number of methoxy groups -OCH3 is 3. The van der Waals surface area contributed by atoms with E-state index in [1.165, 1.54) is 21.3 Å². The van der Waals surface area contributed by atoms with Crippen molar-refractivity contribution < 1.29 is 23.8 Å². The molecule has 5 nitrogen and oxygen atoms in total. The van der Waals surface area contributed by atoms with Gasteiger partial charge in [0.2, 0.25) is 0 Å². The van der Waals surface area contributed by atoms with Crippen LogP contribution < -0.4 is 14.2 Å². The predicted octanol–water partition coefficient (Wildman–Crippen LogP) is 2.80. The van der Waals surface area contributed by atoms with Crippen LogP contribution in [0.4, 0.5) is 0 Å². The zero-order valence-electron chi connectivity index (χ0n) is 13.4. The van der Waals surface area contributed by atoms with E-state index in [1.807, 2.05) is 0 Å². The fourth-order valence-corrected chi connectivity index (χ4v) is 2.90. The van der Waals surface area contributed by atoms with Crippen LogP contribution in [0.2, 0.25) is 0 Å². The second-order valence-corrected chi connectivity index (χ2v) is 5.28. The molecule has 1 aliphatic carbocycles. The van der Waals surface area contributed by atoms with Gasteiger partial charge < -0.3 is 14.2 Å². The molecule has 2 aromatic rings. The predicted molar refractivity (Wildman–Crippen MR) is 84.1 cm³/mol. The molecule has 0 heterocycles. The highest BCUT2D eigenvalue weighted by Crippen LogP contribution is 2.38. The summed E-state index contributed by atoms with van der Waals surface area (Å²) in [5, 5.41) is 0. The Morgan fingerprint density at radius 3 is 1.78 bits per heavy atom. The summed E-state index contributed by atoms with van der Waals surface area (Å²) < 4.78 is 15.7. The lowest BCUT2D eigenvalue weighted by atomic mass is 9.81. The number of hydrogen-bond donors (Lipinski definition) is 0. The van der Waals surface area contributed by atoms with Gasteiger partial charge in [-0.15, -0.1) is 0 Å². The standard InChI is InChI=1S/C18H16O5/c1-9-5-10(21-2)6-12-15(9)17(19)13-7-11(22-3)8-14(23-4)16(13)18(12)20/h5-8H,1-4H3. The Balaban J connectivity index is 2.33. The van der Waals surface area contributed by atoms with Gasteiger partial charge in [-0.1, -0.05) is 0 Å². The maximum absolute atomic E-state index is 12.9. The van der Waals surface area contributed by atoms with Crippen molar-refractivity contribution in [3.05, 3.63) is 52.1 Å². The molecule has 0 saturated carbocycles. The van der Waals surface area contributed by atoms with E-state index >= 15 is 0 Å². The summed E-state index contributed by atoms with van der Waals surface area (Å²) in [7, 11) is 4.48. The highest BCUT2D eigenvalue weighted by Gasteiger charge is 2.34. The molecule has 3 rings (SSSR count). The molecule has 0 saturated heterocycles. The van der Waals surface area contributed by atoms with E-state index in [9.17, 15) is 9.59 Å². The van der Waals surface area contributed by atoms with Gasteiger partial charge in [0.25, 0.3) is 0 Å². The number of ketones is 2. The third kappa shape index (κ3) is 2.16. The van der Waals surface area contributed by atoms with Crippen molar-refractivity contribution in [2.45, 2.75) is 6.92 Å². The van der Waals surface area contributed by atoms with Crippen LogP contribution in [0, 0.1) is 6.92 Å². The van der Waals surface area contributed by atoms with Crippen molar-refractivity contribution >= 4 is 11.6 Å². The van der Waals surface area contributed by atoms with Gasteiger partial charge in [-0.25, -0.2) is 0 Å². The number of fused-ring (bicyclic) bond motifs is 2. The third-order valence-corrected chi connectivity index (χ3v) is 4.02. The summed E-state index contributed by atoms with van der Waals surface area (Å²) in [4.78, 5) is 25.8. The molecule has 2 aromatic carbocycles. The highest BCUT2D eigenvalue weighted by atomic mass is 16.5. The minimum atomic E-state index is -0.254. The Morgan fingerprint density at radius 1 is 0.696 bits per heavy atom. The normalized spacial score (nSPS) is 12.5. The van der Waals surface area contributed by atoms with Gasteiger partial charge in [-0.05, 0) is 30.7 Å². The van der Waals surface area contributed by atoms with Crippen molar-refractivity contribution in [2.75, 3.05) is 21.3 Å². The lowest BCUT2D eigenvalue weighted by molar-refractivity contribution is 0.0975. The average molecular weight is 312 g/mol. The number of benzene rings is 2. The van der Waals surface area contributed by atoms with E-state index in [0.717, 1.165) is 0 Å². The maximum Gasteiger partial charge on any atom is 0.198 e. The molecule has 0 spiro atoms. The number of carbonyl (C=O) groups is 2. The molecule has 0 atom stereocenters. The molecular formula is C18H16O5. The fraction of sp³-hybridized carbons (Fsp3) is 0.222. The Hall–Kier alpha value is -2.82. The minimum absolute atomic E-state index is 0.216. The molecule has 23 heavy (non-hydrogen) atoms. The number of aryl methyl sites for hydroxylation is 1. The largest absolute Gasteiger partial charge is 0.497 e. The van der Waals surface area contributed by atoms with E-state index in [-0.39, 0.29) is 17.1 Å². The van der Waals surface area contributed by atoms with Crippen LogP contribution in [-0.4, -0.2) is 32.9 Å². The minimum Gasteiger partial charge on any atom is -0.497 e. The van der Waals surface area contributed by atoms with Gasteiger partial charge in [-0.3, -0.25) is 9.59 Å². The topological polar surface area (TPSA) is 61.8 Å².